The molecule has 0 aromatic carbocycles. The summed E-state index contributed by atoms with van der Waals surface area (Å²) in [6.07, 6.45) is 4.90. The second-order valence-electron chi connectivity index (χ2n) is 5.77. The quantitative estimate of drug-likeness (QED) is 0.542. The van der Waals surface area contributed by atoms with Gasteiger partial charge in [0.05, 0.1) is 5.41 Å². The van der Waals surface area contributed by atoms with E-state index >= 15 is 0 Å². The molecule has 2 atom stereocenters. The van der Waals surface area contributed by atoms with Crippen LogP contribution in [-0.4, -0.2) is 30.1 Å². The van der Waals surface area contributed by atoms with Gasteiger partial charge in [0.15, 0.2) is 0 Å². The van der Waals surface area contributed by atoms with Crippen molar-refractivity contribution in [3.05, 3.63) is 0 Å². The van der Waals surface area contributed by atoms with Crippen molar-refractivity contribution in [2.75, 3.05) is 13.1 Å². The average Bonchev–Trinajstić information content (AvgIpc) is 2.42. The molecule has 1 amide bonds. The lowest BCUT2D eigenvalue weighted by Crippen LogP contribution is -2.40. The van der Waals surface area contributed by atoms with Crippen LogP contribution >= 0.6 is 0 Å². The second kappa shape index (κ2) is 9.75. The number of hydrogen-bond donors (Lipinski definition) is 3. The Morgan fingerprint density at radius 2 is 1.90 bits per heavy atom. The van der Waals surface area contributed by atoms with Gasteiger partial charge in [-0.05, 0) is 38.6 Å². The summed E-state index contributed by atoms with van der Waals surface area (Å²) in [6.45, 7) is 6.44. The van der Waals surface area contributed by atoms with Crippen molar-refractivity contribution >= 4 is 11.9 Å². The van der Waals surface area contributed by atoms with Crippen LogP contribution in [-0.2, 0) is 9.59 Å². The summed E-state index contributed by atoms with van der Waals surface area (Å²) >= 11 is 0. The monoisotopic (exact) mass is 286 g/mol. The number of nitrogens with two attached hydrogens (primary N) is 1. The van der Waals surface area contributed by atoms with Crippen molar-refractivity contribution < 1.29 is 14.7 Å². The van der Waals surface area contributed by atoms with Gasteiger partial charge in [-0.25, -0.2) is 0 Å². The maximum Gasteiger partial charge on any atom is 0.311 e. The number of carboxylic acid groups (broad SMARTS) is 1. The molecular formula is C15H30N2O3. The number of nitrogens with one attached hydrogen (secondary N) is 1. The van der Waals surface area contributed by atoms with E-state index in [0.29, 0.717) is 25.3 Å². The van der Waals surface area contributed by atoms with Gasteiger partial charge in [-0.1, -0.05) is 26.7 Å². The number of carboxylic acids is 1. The van der Waals surface area contributed by atoms with Gasteiger partial charge < -0.3 is 16.2 Å². The van der Waals surface area contributed by atoms with Gasteiger partial charge in [0, 0.05) is 13.0 Å². The summed E-state index contributed by atoms with van der Waals surface area (Å²) < 4.78 is 0. The predicted molar refractivity (Wildman–Crippen MR) is 80.3 cm³/mol. The van der Waals surface area contributed by atoms with Crippen molar-refractivity contribution in [3.63, 3.8) is 0 Å². The highest BCUT2D eigenvalue weighted by atomic mass is 16.4. The Kier molecular flexibility index (Phi) is 9.21. The Hall–Kier alpha value is -1.10. The fraction of sp³-hybridized carbons (Fsp3) is 0.867. The molecule has 5 heteroatoms. The Morgan fingerprint density at radius 1 is 1.25 bits per heavy atom. The molecule has 0 aromatic rings. The Bertz CT molecular complexity index is 301. The molecule has 4 N–H and O–H groups in total. The van der Waals surface area contributed by atoms with Crippen LogP contribution in [0.5, 0.6) is 0 Å². The van der Waals surface area contributed by atoms with Crippen molar-refractivity contribution in [3.8, 4) is 0 Å². The van der Waals surface area contributed by atoms with Crippen molar-refractivity contribution in [2.45, 2.75) is 59.3 Å². The van der Waals surface area contributed by atoms with Gasteiger partial charge in [-0.15, -0.1) is 0 Å². The third-order valence-electron chi connectivity index (χ3n) is 4.02. The molecule has 5 nitrogen and oxygen atoms in total. The van der Waals surface area contributed by atoms with Crippen molar-refractivity contribution in [2.24, 2.45) is 17.1 Å². The molecule has 0 radical (unpaired) electrons. The second-order valence-corrected chi connectivity index (χ2v) is 5.77. The summed E-state index contributed by atoms with van der Waals surface area (Å²) in [7, 11) is 0. The first kappa shape index (κ1) is 18.9. The molecule has 20 heavy (non-hydrogen) atoms. The van der Waals surface area contributed by atoms with Crippen LogP contribution in [0.4, 0.5) is 0 Å². The number of rotatable bonds is 11. The van der Waals surface area contributed by atoms with Crippen LogP contribution in [0.2, 0.25) is 0 Å². The number of amides is 1. The van der Waals surface area contributed by atoms with Crippen LogP contribution in [0.25, 0.3) is 0 Å². The first-order valence-electron chi connectivity index (χ1n) is 7.59. The zero-order chi connectivity index (χ0) is 15.6. The van der Waals surface area contributed by atoms with E-state index in [1.54, 1.807) is 6.92 Å². The highest BCUT2D eigenvalue weighted by Gasteiger charge is 2.31. The Morgan fingerprint density at radius 3 is 2.35 bits per heavy atom. The SMILES string of the molecule is CCCC(CCN)CCC(=O)NCC(C)(CC)C(=O)O. The Balaban J connectivity index is 4.13. The molecular weight excluding hydrogens is 256 g/mol. The van der Waals surface area contributed by atoms with Crippen LogP contribution in [0.1, 0.15) is 59.3 Å². The number of carbonyl (C=O) groups excluding carboxylic acids is 1. The molecule has 0 aliphatic heterocycles. The zero-order valence-corrected chi connectivity index (χ0v) is 13.1. The molecule has 0 spiro atoms. The van der Waals surface area contributed by atoms with Gasteiger partial charge in [0.25, 0.3) is 0 Å². The maximum atomic E-state index is 11.8. The first-order valence-corrected chi connectivity index (χ1v) is 7.59. The lowest BCUT2D eigenvalue weighted by atomic mass is 9.87. The highest BCUT2D eigenvalue weighted by Crippen LogP contribution is 2.20. The van der Waals surface area contributed by atoms with Gasteiger partial charge in [0.2, 0.25) is 5.91 Å². The lowest BCUT2D eigenvalue weighted by Gasteiger charge is -2.23. The van der Waals surface area contributed by atoms with Crippen LogP contribution < -0.4 is 11.1 Å². The van der Waals surface area contributed by atoms with E-state index in [9.17, 15) is 9.59 Å². The summed E-state index contributed by atoms with van der Waals surface area (Å²) in [5.74, 6) is -0.441. The van der Waals surface area contributed by atoms with E-state index in [4.69, 9.17) is 10.8 Å². The summed E-state index contributed by atoms with van der Waals surface area (Å²) in [4.78, 5) is 22.9. The lowest BCUT2D eigenvalue weighted by molar-refractivity contribution is -0.148. The molecule has 0 fully saturated rings. The van der Waals surface area contributed by atoms with E-state index in [-0.39, 0.29) is 12.5 Å². The molecule has 118 valence electrons. The van der Waals surface area contributed by atoms with Crippen LogP contribution in [0.3, 0.4) is 0 Å². The zero-order valence-electron chi connectivity index (χ0n) is 13.1. The molecule has 0 saturated heterocycles. The van der Waals surface area contributed by atoms with Gasteiger partial charge in [-0.3, -0.25) is 9.59 Å². The molecule has 0 aromatic heterocycles. The van der Waals surface area contributed by atoms with Gasteiger partial charge in [0.1, 0.15) is 0 Å². The smallest absolute Gasteiger partial charge is 0.311 e. The third kappa shape index (κ3) is 6.89. The van der Waals surface area contributed by atoms with Gasteiger partial charge >= 0.3 is 5.97 Å². The van der Waals surface area contributed by atoms with Crippen molar-refractivity contribution in [1.82, 2.24) is 5.32 Å². The molecule has 0 saturated carbocycles. The number of aliphatic carboxylic acids is 1. The summed E-state index contributed by atoms with van der Waals surface area (Å²) in [6, 6.07) is 0. The topological polar surface area (TPSA) is 92.4 Å². The predicted octanol–water partition coefficient (Wildman–Crippen LogP) is 2.15. The molecule has 2 unspecified atom stereocenters. The Labute approximate surface area is 122 Å². The van der Waals surface area contributed by atoms with Crippen molar-refractivity contribution in [1.29, 1.82) is 0 Å². The normalized spacial score (nSPS) is 15.4. The minimum atomic E-state index is -0.879. The summed E-state index contributed by atoms with van der Waals surface area (Å²) in [5.41, 5.74) is 4.69. The summed E-state index contributed by atoms with van der Waals surface area (Å²) in [5, 5.41) is 11.9. The largest absolute Gasteiger partial charge is 0.481 e. The standard InChI is InChI=1S/C15H30N2O3/c1-4-6-12(9-10-16)7-8-13(18)17-11-15(3,5-2)14(19)20/h12H,4-11,16H2,1-3H3,(H,17,18)(H,19,20). The third-order valence-corrected chi connectivity index (χ3v) is 4.02. The molecule has 0 heterocycles. The molecule has 0 rings (SSSR count). The molecule has 0 bridgehead atoms. The first-order chi connectivity index (χ1) is 9.39. The van der Waals surface area contributed by atoms with Crippen LogP contribution in [0.15, 0.2) is 0 Å². The van der Waals surface area contributed by atoms with E-state index in [0.717, 1.165) is 25.7 Å². The maximum absolute atomic E-state index is 11.8. The van der Waals surface area contributed by atoms with E-state index in [1.165, 1.54) is 0 Å². The van der Waals surface area contributed by atoms with E-state index in [2.05, 4.69) is 12.2 Å². The highest BCUT2D eigenvalue weighted by molar-refractivity contribution is 5.78. The fourth-order valence-electron chi connectivity index (χ4n) is 2.15. The fourth-order valence-corrected chi connectivity index (χ4v) is 2.15. The minimum Gasteiger partial charge on any atom is -0.481 e. The van der Waals surface area contributed by atoms with Gasteiger partial charge in [-0.2, -0.15) is 0 Å². The van der Waals surface area contributed by atoms with Crippen LogP contribution in [0, 0.1) is 11.3 Å². The average molecular weight is 286 g/mol. The molecule has 0 aliphatic rings. The molecule has 0 aliphatic carbocycles. The van der Waals surface area contributed by atoms with E-state index in [1.807, 2.05) is 6.92 Å². The number of hydrogen-bond acceptors (Lipinski definition) is 3. The minimum absolute atomic E-state index is 0.0657. The van der Waals surface area contributed by atoms with E-state index < -0.39 is 11.4 Å². The number of carbonyl (C=O) groups is 2.